The van der Waals surface area contributed by atoms with E-state index in [1.807, 2.05) is 13.8 Å². The minimum atomic E-state index is -0.272. The second-order valence-electron chi connectivity index (χ2n) is 4.75. The second kappa shape index (κ2) is 7.22. The van der Waals surface area contributed by atoms with Gasteiger partial charge in [0.15, 0.2) is 6.29 Å². The molecule has 4 heteroatoms. The highest BCUT2D eigenvalue weighted by atomic mass is 16.7. The Kier molecular flexibility index (Phi) is 6.28. The number of hydrogen-bond acceptors (Lipinski definition) is 4. The molecule has 1 N–H and O–H groups in total. The Morgan fingerprint density at radius 2 is 2.12 bits per heavy atom. The van der Waals surface area contributed by atoms with E-state index in [9.17, 15) is 0 Å². The van der Waals surface area contributed by atoms with Crippen molar-refractivity contribution in [2.24, 2.45) is 0 Å². The lowest BCUT2D eigenvalue weighted by atomic mass is 10.1. The van der Waals surface area contributed by atoms with Crippen LogP contribution >= 0.6 is 0 Å². The van der Waals surface area contributed by atoms with Crippen LogP contribution in [0.15, 0.2) is 0 Å². The summed E-state index contributed by atoms with van der Waals surface area (Å²) in [5.41, 5.74) is -0.272. The molecule has 0 bridgehead atoms. The smallest absolute Gasteiger partial charge is 0.157 e. The van der Waals surface area contributed by atoms with Crippen LogP contribution in [0.4, 0.5) is 0 Å². The molecule has 0 saturated carbocycles. The second-order valence-corrected chi connectivity index (χ2v) is 4.75. The number of rotatable bonds is 7. The van der Waals surface area contributed by atoms with Crippen LogP contribution in [0.2, 0.25) is 0 Å². The zero-order valence-corrected chi connectivity index (χ0v) is 10.4. The third-order valence-corrected chi connectivity index (χ3v) is 2.73. The zero-order valence-electron chi connectivity index (χ0n) is 10.4. The van der Waals surface area contributed by atoms with Crippen LogP contribution in [0.1, 0.15) is 39.5 Å². The van der Waals surface area contributed by atoms with Crippen molar-refractivity contribution in [3.8, 4) is 0 Å². The molecule has 1 saturated heterocycles. The molecule has 0 aromatic rings. The quantitative estimate of drug-likeness (QED) is 0.679. The molecule has 1 fully saturated rings. The van der Waals surface area contributed by atoms with Crippen molar-refractivity contribution in [2.45, 2.75) is 51.4 Å². The van der Waals surface area contributed by atoms with Crippen molar-refractivity contribution >= 4 is 0 Å². The third-order valence-electron chi connectivity index (χ3n) is 2.73. The maximum atomic E-state index is 8.83. The summed E-state index contributed by atoms with van der Waals surface area (Å²) in [6.45, 7) is 6.01. The highest BCUT2D eigenvalue weighted by Gasteiger charge is 2.18. The summed E-state index contributed by atoms with van der Waals surface area (Å²) in [6, 6.07) is 0. The molecule has 96 valence electrons. The highest BCUT2D eigenvalue weighted by Crippen LogP contribution is 2.15. The van der Waals surface area contributed by atoms with Crippen molar-refractivity contribution in [1.29, 1.82) is 0 Å². The van der Waals surface area contributed by atoms with Gasteiger partial charge in [-0.15, -0.1) is 0 Å². The van der Waals surface area contributed by atoms with Gasteiger partial charge in [0.1, 0.15) is 0 Å². The summed E-state index contributed by atoms with van der Waals surface area (Å²) in [6.07, 6.45) is 3.91. The molecular weight excluding hydrogens is 208 g/mol. The first-order chi connectivity index (χ1) is 7.64. The van der Waals surface area contributed by atoms with Gasteiger partial charge in [0.25, 0.3) is 0 Å². The van der Waals surface area contributed by atoms with Gasteiger partial charge in [0, 0.05) is 13.2 Å². The van der Waals surface area contributed by atoms with Crippen molar-refractivity contribution in [1.82, 2.24) is 0 Å². The van der Waals surface area contributed by atoms with E-state index in [-0.39, 0.29) is 18.5 Å². The maximum Gasteiger partial charge on any atom is 0.157 e. The van der Waals surface area contributed by atoms with Crippen LogP contribution in [0.25, 0.3) is 0 Å². The molecule has 0 amide bonds. The van der Waals surface area contributed by atoms with Gasteiger partial charge in [-0.25, -0.2) is 0 Å². The number of aliphatic hydroxyl groups excluding tert-OH is 1. The van der Waals surface area contributed by atoms with Gasteiger partial charge in [-0.2, -0.15) is 0 Å². The molecule has 0 aromatic heterocycles. The highest BCUT2D eigenvalue weighted by molar-refractivity contribution is 4.67. The lowest BCUT2D eigenvalue weighted by molar-refractivity contribution is -0.176. The van der Waals surface area contributed by atoms with Gasteiger partial charge in [0.2, 0.25) is 0 Å². The predicted molar refractivity (Wildman–Crippen MR) is 61.3 cm³/mol. The SMILES string of the molecule is CC(C)(CCO)OCCOC1CCCCO1. The molecule has 1 unspecified atom stereocenters. The Bertz CT molecular complexity index is 176. The summed E-state index contributed by atoms with van der Waals surface area (Å²) >= 11 is 0. The van der Waals surface area contributed by atoms with Crippen molar-refractivity contribution < 1.29 is 19.3 Å². The summed E-state index contributed by atoms with van der Waals surface area (Å²) < 4.78 is 16.6. The molecule has 0 spiro atoms. The first-order valence-corrected chi connectivity index (χ1v) is 6.12. The van der Waals surface area contributed by atoms with E-state index in [1.165, 1.54) is 6.42 Å². The van der Waals surface area contributed by atoms with Crippen LogP contribution in [0, 0.1) is 0 Å². The monoisotopic (exact) mass is 232 g/mol. The summed E-state index contributed by atoms with van der Waals surface area (Å²) in [5.74, 6) is 0. The summed E-state index contributed by atoms with van der Waals surface area (Å²) in [7, 11) is 0. The predicted octanol–water partition coefficient (Wildman–Crippen LogP) is 1.71. The summed E-state index contributed by atoms with van der Waals surface area (Å²) in [5, 5.41) is 8.83. The van der Waals surface area contributed by atoms with Crippen molar-refractivity contribution in [3.63, 3.8) is 0 Å². The average Bonchev–Trinajstić information content (AvgIpc) is 2.26. The Hall–Kier alpha value is -0.160. The van der Waals surface area contributed by atoms with Crippen LogP contribution in [-0.2, 0) is 14.2 Å². The Morgan fingerprint density at radius 1 is 1.31 bits per heavy atom. The molecule has 0 aromatic carbocycles. The number of ether oxygens (including phenoxy) is 3. The van der Waals surface area contributed by atoms with Gasteiger partial charge < -0.3 is 19.3 Å². The van der Waals surface area contributed by atoms with Crippen LogP contribution in [0.3, 0.4) is 0 Å². The lowest BCUT2D eigenvalue weighted by Gasteiger charge is -2.26. The molecule has 1 heterocycles. The molecule has 1 aliphatic heterocycles. The minimum absolute atomic E-state index is 0.0432. The van der Waals surface area contributed by atoms with E-state index in [0.717, 1.165) is 19.4 Å². The van der Waals surface area contributed by atoms with E-state index >= 15 is 0 Å². The van der Waals surface area contributed by atoms with Gasteiger partial charge in [0.05, 0.1) is 18.8 Å². The molecule has 16 heavy (non-hydrogen) atoms. The topological polar surface area (TPSA) is 47.9 Å². The lowest BCUT2D eigenvalue weighted by Crippen LogP contribution is -2.29. The standard InChI is InChI=1S/C12H24O4/c1-12(2,6-7-13)16-10-9-15-11-5-3-4-8-14-11/h11,13H,3-10H2,1-2H3. The molecule has 0 radical (unpaired) electrons. The maximum absolute atomic E-state index is 8.83. The molecule has 0 aliphatic carbocycles. The normalized spacial score (nSPS) is 22.3. The van der Waals surface area contributed by atoms with Gasteiger partial charge >= 0.3 is 0 Å². The molecule has 4 nitrogen and oxygen atoms in total. The van der Waals surface area contributed by atoms with E-state index in [1.54, 1.807) is 0 Å². The number of aliphatic hydroxyl groups is 1. The van der Waals surface area contributed by atoms with Crippen LogP contribution in [-0.4, -0.2) is 43.4 Å². The zero-order chi connectivity index (χ0) is 11.9. The summed E-state index contributed by atoms with van der Waals surface area (Å²) in [4.78, 5) is 0. The average molecular weight is 232 g/mol. The Balaban J connectivity index is 2.02. The fraction of sp³-hybridized carbons (Fsp3) is 1.00. The van der Waals surface area contributed by atoms with E-state index in [0.29, 0.717) is 19.6 Å². The molecular formula is C12H24O4. The Morgan fingerprint density at radius 3 is 2.75 bits per heavy atom. The first-order valence-electron chi connectivity index (χ1n) is 6.12. The number of hydrogen-bond donors (Lipinski definition) is 1. The largest absolute Gasteiger partial charge is 0.396 e. The van der Waals surface area contributed by atoms with Gasteiger partial charge in [-0.05, 0) is 39.5 Å². The van der Waals surface area contributed by atoms with E-state index in [2.05, 4.69) is 0 Å². The Labute approximate surface area is 97.9 Å². The fourth-order valence-electron chi connectivity index (χ4n) is 1.68. The van der Waals surface area contributed by atoms with Crippen LogP contribution in [0.5, 0.6) is 0 Å². The van der Waals surface area contributed by atoms with E-state index in [4.69, 9.17) is 19.3 Å². The van der Waals surface area contributed by atoms with Crippen molar-refractivity contribution in [2.75, 3.05) is 26.4 Å². The molecule has 1 rings (SSSR count). The van der Waals surface area contributed by atoms with Gasteiger partial charge in [-0.1, -0.05) is 0 Å². The third kappa shape index (κ3) is 5.80. The fourth-order valence-corrected chi connectivity index (χ4v) is 1.68. The van der Waals surface area contributed by atoms with Gasteiger partial charge in [-0.3, -0.25) is 0 Å². The van der Waals surface area contributed by atoms with E-state index < -0.39 is 0 Å². The minimum Gasteiger partial charge on any atom is -0.396 e. The molecule has 1 aliphatic rings. The van der Waals surface area contributed by atoms with Crippen molar-refractivity contribution in [3.05, 3.63) is 0 Å². The van der Waals surface area contributed by atoms with Crippen LogP contribution < -0.4 is 0 Å². The molecule has 1 atom stereocenters. The first kappa shape index (κ1) is 13.9.